The number of benzene rings is 1. The van der Waals surface area contributed by atoms with Crippen LogP contribution in [0.1, 0.15) is 31.9 Å². The zero-order valence-corrected chi connectivity index (χ0v) is 16.6. The van der Waals surface area contributed by atoms with Gasteiger partial charge >= 0.3 is 12.8 Å². The molecule has 0 unspecified atom stereocenters. The van der Waals surface area contributed by atoms with Crippen LogP contribution in [0.2, 0.25) is 0 Å². The van der Waals surface area contributed by atoms with Crippen LogP contribution in [0.15, 0.2) is 35.1 Å². The van der Waals surface area contributed by atoms with Crippen molar-refractivity contribution in [2.75, 3.05) is 0 Å². The number of pyridine rings is 1. The number of nitrogens with zero attached hydrogens (tertiary/aromatic N) is 2. The molecule has 0 amide bonds. The molecule has 3 aromatic rings. The first kappa shape index (κ1) is 21.9. The molecule has 2 heterocycles. The molecule has 0 aliphatic carbocycles. The second kappa shape index (κ2) is 8.13. The van der Waals surface area contributed by atoms with Crippen molar-refractivity contribution in [3.63, 3.8) is 0 Å². The zero-order valence-electron chi connectivity index (χ0n) is 15.8. The van der Waals surface area contributed by atoms with E-state index in [0.717, 1.165) is 6.07 Å². The fourth-order valence-corrected chi connectivity index (χ4v) is 3.38. The van der Waals surface area contributed by atoms with Gasteiger partial charge in [0.1, 0.15) is 11.4 Å². The van der Waals surface area contributed by atoms with Gasteiger partial charge < -0.3 is 4.74 Å². The van der Waals surface area contributed by atoms with Crippen molar-refractivity contribution < 1.29 is 26.7 Å². The maximum Gasteiger partial charge on any atom is 0.417 e. The van der Waals surface area contributed by atoms with Gasteiger partial charge in [-0.2, -0.15) is 22.0 Å². The van der Waals surface area contributed by atoms with Crippen LogP contribution in [0, 0.1) is 4.77 Å². The molecule has 160 valence electrons. The predicted octanol–water partition coefficient (Wildman–Crippen LogP) is 5.71. The van der Waals surface area contributed by atoms with E-state index in [1.165, 1.54) is 28.8 Å². The van der Waals surface area contributed by atoms with Crippen LogP contribution < -0.4 is 10.3 Å². The van der Waals surface area contributed by atoms with Crippen LogP contribution >= 0.6 is 12.2 Å². The van der Waals surface area contributed by atoms with Gasteiger partial charge in [-0.3, -0.25) is 14.3 Å². The molecular weight excluding hydrogens is 429 g/mol. The van der Waals surface area contributed by atoms with E-state index in [1.807, 2.05) is 6.92 Å². The second-order valence-corrected chi connectivity index (χ2v) is 6.93. The Hall–Kier alpha value is -2.82. The summed E-state index contributed by atoms with van der Waals surface area (Å²) in [5, 5.41) is -0.613. The topological polar surface area (TPSA) is 59.9 Å². The van der Waals surface area contributed by atoms with Gasteiger partial charge in [0.2, 0.25) is 0 Å². The van der Waals surface area contributed by atoms with Gasteiger partial charge in [-0.15, -0.1) is 0 Å². The Balaban J connectivity index is 2.34. The number of nitrogens with one attached hydrogen (secondary N) is 1. The average molecular weight is 445 g/mol. The van der Waals surface area contributed by atoms with Gasteiger partial charge in [-0.25, -0.2) is 4.98 Å². The highest BCUT2D eigenvalue weighted by atomic mass is 32.1. The molecule has 0 radical (unpaired) electrons. The normalized spacial score (nSPS) is 13.1. The first-order chi connectivity index (χ1) is 14.0. The van der Waals surface area contributed by atoms with Crippen molar-refractivity contribution in [1.29, 1.82) is 0 Å². The first-order valence-corrected chi connectivity index (χ1v) is 9.25. The third kappa shape index (κ3) is 4.20. The smallest absolute Gasteiger partial charge is 0.417 e. The molecule has 0 spiro atoms. The second-order valence-electron chi connectivity index (χ2n) is 6.54. The number of H-pyrrole nitrogens is 1. The minimum absolute atomic E-state index is 0.0414. The summed E-state index contributed by atoms with van der Waals surface area (Å²) in [7, 11) is 0. The lowest BCUT2D eigenvalue weighted by Gasteiger charge is -2.19. The molecule has 30 heavy (non-hydrogen) atoms. The van der Waals surface area contributed by atoms with E-state index in [2.05, 4.69) is 14.7 Å². The van der Waals surface area contributed by atoms with Gasteiger partial charge in [-0.1, -0.05) is 6.92 Å². The fraction of sp³-hybridized carbons (Fsp3) is 0.316. The van der Waals surface area contributed by atoms with E-state index in [-0.39, 0.29) is 33.5 Å². The molecule has 1 aromatic carbocycles. The van der Waals surface area contributed by atoms with E-state index in [0.29, 0.717) is 6.42 Å². The molecule has 1 N–H and O–H groups in total. The number of hydrogen-bond acceptors (Lipinski definition) is 4. The van der Waals surface area contributed by atoms with E-state index >= 15 is 0 Å². The minimum Gasteiger partial charge on any atom is -0.435 e. The molecule has 0 bridgehead atoms. The molecule has 0 fully saturated rings. The molecule has 11 heteroatoms. The fourth-order valence-electron chi connectivity index (χ4n) is 3.02. The third-order valence-electron chi connectivity index (χ3n) is 4.61. The molecule has 3 rings (SSSR count). The van der Waals surface area contributed by atoms with Gasteiger partial charge in [0.25, 0.3) is 5.56 Å². The molecule has 0 saturated heterocycles. The highest BCUT2D eigenvalue weighted by Crippen LogP contribution is 2.36. The predicted molar refractivity (Wildman–Crippen MR) is 103 cm³/mol. The Kier molecular flexibility index (Phi) is 5.93. The lowest BCUT2D eigenvalue weighted by Crippen LogP contribution is -2.22. The molecule has 0 saturated carbocycles. The van der Waals surface area contributed by atoms with Crippen molar-refractivity contribution in [2.24, 2.45) is 0 Å². The van der Waals surface area contributed by atoms with Crippen LogP contribution in [0.4, 0.5) is 22.0 Å². The summed E-state index contributed by atoms with van der Waals surface area (Å²) in [6.07, 6.45) is -4.31. The number of rotatable bonds is 5. The van der Waals surface area contributed by atoms with Crippen molar-refractivity contribution >= 4 is 23.3 Å². The van der Waals surface area contributed by atoms with E-state index in [4.69, 9.17) is 12.2 Å². The van der Waals surface area contributed by atoms with Crippen LogP contribution in [-0.4, -0.2) is 21.1 Å². The van der Waals surface area contributed by atoms with Crippen LogP contribution in [0.25, 0.3) is 22.3 Å². The SMILES string of the molecule is CC[C@@H](C)n1c(=S)[nH]c(=O)c2c(C(F)(F)F)cc(-c3ccc(OC(F)F)cc3)nc21. The highest BCUT2D eigenvalue weighted by Gasteiger charge is 2.35. The number of aromatic nitrogens is 3. The third-order valence-corrected chi connectivity index (χ3v) is 4.91. The van der Waals surface area contributed by atoms with Crippen molar-refractivity contribution in [2.45, 2.75) is 39.1 Å². The van der Waals surface area contributed by atoms with Crippen LogP contribution in [-0.2, 0) is 6.18 Å². The molecule has 0 aliphatic heterocycles. The first-order valence-electron chi connectivity index (χ1n) is 8.85. The number of fused-ring (bicyclic) bond motifs is 1. The zero-order chi connectivity index (χ0) is 22.2. The monoisotopic (exact) mass is 445 g/mol. The minimum atomic E-state index is -4.84. The summed E-state index contributed by atoms with van der Waals surface area (Å²) in [6.45, 7) is 0.531. The van der Waals surface area contributed by atoms with Crippen molar-refractivity contribution in [3.8, 4) is 17.0 Å². The standard InChI is InChI=1S/C19H16F5N3O2S/c1-3-9(2)27-15-14(16(28)26-18(27)30)12(19(22,23)24)8-13(25-15)10-4-6-11(7-5-10)29-17(20)21/h4-9,17H,3H2,1-2H3,(H,26,28,30)/t9-/m1/s1. The molecular formula is C19H16F5N3O2S. The average Bonchev–Trinajstić information content (AvgIpc) is 2.66. The van der Waals surface area contributed by atoms with Crippen molar-refractivity contribution in [3.05, 3.63) is 51.0 Å². The Morgan fingerprint density at radius 2 is 1.87 bits per heavy atom. The van der Waals surface area contributed by atoms with E-state index < -0.39 is 29.3 Å². The number of aromatic amines is 1. The maximum atomic E-state index is 13.8. The number of alkyl halides is 5. The summed E-state index contributed by atoms with van der Waals surface area (Å²) in [6, 6.07) is 5.43. The van der Waals surface area contributed by atoms with Gasteiger partial charge in [0.05, 0.1) is 16.6 Å². The molecule has 1 atom stereocenters. The Labute approximate surface area is 172 Å². The summed E-state index contributed by atoms with van der Waals surface area (Å²) < 4.78 is 71.6. The summed E-state index contributed by atoms with van der Waals surface area (Å²) in [5.74, 6) is -0.149. The lowest BCUT2D eigenvalue weighted by molar-refractivity contribution is -0.136. The van der Waals surface area contributed by atoms with Gasteiger partial charge in [0, 0.05) is 11.6 Å². The molecule has 0 aliphatic rings. The Morgan fingerprint density at radius 1 is 1.23 bits per heavy atom. The van der Waals surface area contributed by atoms with Gasteiger partial charge in [-0.05, 0) is 55.9 Å². The summed E-state index contributed by atoms with van der Waals surface area (Å²) >= 11 is 5.16. The maximum absolute atomic E-state index is 13.8. The Bertz CT molecular complexity index is 1190. The van der Waals surface area contributed by atoms with Gasteiger partial charge in [0.15, 0.2) is 4.77 Å². The highest BCUT2D eigenvalue weighted by molar-refractivity contribution is 7.71. The summed E-state index contributed by atoms with van der Waals surface area (Å²) in [5.41, 5.74) is -2.21. The van der Waals surface area contributed by atoms with Crippen LogP contribution in [0.5, 0.6) is 5.75 Å². The number of ether oxygens (including phenoxy) is 1. The molecule has 2 aromatic heterocycles. The van der Waals surface area contributed by atoms with E-state index in [9.17, 15) is 26.7 Å². The summed E-state index contributed by atoms with van der Waals surface area (Å²) in [4.78, 5) is 18.9. The van der Waals surface area contributed by atoms with Crippen molar-refractivity contribution in [1.82, 2.24) is 14.5 Å². The van der Waals surface area contributed by atoms with Crippen LogP contribution in [0.3, 0.4) is 0 Å². The quantitative estimate of drug-likeness (QED) is 0.404. The van der Waals surface area contributed by atoms with E-state index in [1.54, 1.807) is 6.92 Å². The lowest BCUT2D eigenvalue weighted by atomic mass is 10.1. The Morgan fingerprint density at radius 3 is 2.40 bits per heavy atom. The number of hydrogen-bond donors (Lipinski definition) is 1. The number of halogens is 5. The largest absolute Gasteiger partial charge is 0.435 e. The molecule has 5 nitrogen and oxygen atoms in total.